The second-order valence-corrected chi connectivity index (χ2v) is 20.9. The molecule has 2 aliphatic heterocycles. The smallest absolute Gasteiger partial charge is 0.0775 e. The van der Waals surface area contributed by atoms with Crippen molar-refractivity contribution in [3.63, 3.8) is 0 Å². The lowest BCUT2D eigenvalue weighted by Gasteiger charge is -2.42. The number of allylic oxidation sites excluding steroid dienone is 2. The van der Waals surface area contributed by atoms with E-state index in [0.29, 0.717) is 0 Å². The lowest BCUT2D eigenvalue weighted by molar-refractivity contribution is 0.588. The van der Waals surface area contributed by atoms with E-state index in [0.717, 1.165) is 5.92 Å². The van der Waals surface area contributed by atoms with Crippen molar-refractivity contribution in [1.82, 2.24) is 0 Å². The zero-order valence-electron chi connectivity index (χ0n) is 19.2. The Kier molecular flexibility index (Phi) is 7.84. The van der Waals surface area contributed by atoms with Crippen LogP contribution in [0, 0.1) is 0 Å². The van der Waals surface area contributed by atoms with Gasteiger partial charge >= 0.3 is 0 Å². The van der Waals surface area contributed by atoms with Crippen molar-refractivity contribution in [1.29, 1.82) is 0 Å². The maximum absolute atomic E-state index is 2.63. The minimum absolute atomic E-state index is 0.851. The van der Waals surface area contributed by atoms with Crippen molar-refractivity contribution in [2.75, 3.05) is 0 Å². The van der Waals surface area contributed by atoms with Gasteiger partial charge in [0, 0.05) is 0 Å². The molecule has 156 valence electrons. The van der Waals surface area contributed by atoms with E-state index in [1.807, 2.05) is 5.57 Å². The van der Waals surface area contributed by atoms with Gasteiger partial charge in [0.1, 0.15) is 0 Å². The Balaban J connectivity index is 1.46. The standard InChI is InChI=1S/C26H44Si2/c1-5-6-7-8-9-10-23-15-19-28(20-16-23)21-17-25(18-22-28)24-11-13-26(14-12-24)27(2,3)4/h10-14,25H,5-9,15-22H2,1-4H3. The first-order valence-corrected chi connectivity index (χ1v) is 18.5. The van der Waals surface area contributed by atoms with Crippen LogP contribution in [0.4, 0.5) is 0 Å². The lowest BCUT2D eigenvalue weighted by Crippen LogP contribution is -2.40. The highest BCUT2D eigenvalue weighted by Gasteiger charge is 2.39. The molecule has 0 unspecified atom stereocenters. The largest absolute Gasteiger partial charge is 0.0854 e. The molecule has 0 radical (unpaired) electrons. The summed E-state index contributed by atoms with van der Waals surface area (Å²) in [6.45, 7) is 9.67. The monoisotopic (exact) mass is 412 g/mol. The predicted molar refractivity (Wildman–Crippen MR) is 132 cm³/mol. The summed E-state index contributed by atoms with van der Waals surface area (Å²) in [6, 6.07) is 16.3. The first-order valence-electron chi connectivity index (χ1n) is 12.2. The fraction of sp³-hybridized carbons (Fsp3) is 0.692. The summed E-state index contributed by atoms with van der Waals surface area (Å²) < 4.78 is 0. The Bertz CT molecular complexity index is 615. The van der Waals surface area contributed by atoms with E-state index in [-0.39, 0.29) is 0 Å². The number of rotatable bonds is 7. The van der Waals surface area contributed by atoms with Gasteiger partial charge < -0.3 is 0 Å². The zero-order chi connectivity index (χ0) is 20.0. The molecule has 0 aliphatic carbocycles. The Morgan fingerprint density at radius 3 is 2.11 bits per heavy atom. The molecule has 0 aromatic heterocycles. The first kappa shape index (κ1) is 22.1. The van der Waals surface area contributed by atoms with Gasteiger partial charge in [0.15, 0.2) is 0 Å². The second kappa shape index (κ2) is 9.93. The van der Waals surface area contributed by atoms with Crippen molar-refractivity contribution < 1.29 is 0 Å². The molecule has 2 aliphatic rings. The predicted octanol–water partition coefficient (Wildman–Crippen LogP) is 8.25. The fourth-order valence-electron chi connectivity index (χ4n) is 5.50. The molecule has 2 heterocycles. The van der Waals surface area contributed by atoms with Crippen LogP contribution in [0.2, 0.25) is 43.8 Å². The van der Waals surface area contributed by atoms with Gasteiger partial charge in [-0.25, -0.2) is 0 Å². The van der Waals surface area contributed by atoms with Crippen LogP contribution in [0.5, 0.6) is 0 Å². The SMILES string of the molecule is CCCCCCC=C1CC[Si]2(CC1)CCC(c1ccc([Si](C)(C)C)cc1)CC2. The summed E-state index contributed by atoms with van der Waals surface area (Å²) in [5, 5.41) is 1.61. The van der Waals surface area contributed by atoms with Crippen LogP contribution in [0.25, 0.3) is 0 Å². The van der Waals surface area contributed by atoms with Gasteiger partial charge in [-0.1, -0.05) is 111 Å². The minimum atomic E-state index is -1.16. The van der Waals surface area contributed by atoms with Gasteiger partial charge in [-0.2, -0.15) is 0 Å². The molecule has 0 atom stereocenters. The summed E-state index contributed by atoms with van der Waals surface area (Å²) in [5.74, 6) is 0.851. The molecule has 0 saturated carbocycles. The topological polar surface area (TPSA) is 0 Å². The lowest BCUT2D eigenvalue weighted by atomic mass is 9.93. The Labute approximate surface area is 177 Å². The molecule has 28 heavy (non-hydrogen) atoms. The average molecular weight is 413 g/mol. The van der Waals surface area contributed by atoms with Gasteiger partial charge in [0.05, 0.1) is 16.1 Å². The quantitative estimate of drug-likeness (QED) is 0.240. The summed E-state index contributed by atoms with van der Waals surface area (Å²) in [4.78, 5) is 0. The maximum Gasteiger partial charge on any atom is 0.0775 e. The molecule has 0 amide bonds. The molecule has 0 nitrogen and oxygen atoms in total. The van der Waals surface area contributed by atoms with Gasteiger partial charge in [-0.05, 0) is 50.0 Å². The zero-order valence-corrected chi connectivity index (χ0v) is 21.2. The van der Waals surface area contributed by atoms with E-state index in [1.165, 1.54) is 57.8 Å². The van der Waals surface area contributed by atoms with E-state index in [4.69, 9.17) is 0 Å². The molecule has 0 N–H and O–H groups in total. The normalized spacial score (nSPS) is 25.9. The van der Waals surface area contributed by atoms with E-state index in [9.17, 15) is 0 Å². The molecule has 2 heteroatoms. The second-order valence-electron chi connectivity index (χ2n) is 10.9. The van der Waals surface area contributed by atoms with Gasteiger partial charge in [0.2, 0.25) is 0 Å². The minimum Gasteiger partial charge on any atom is -0.0854 e. The van der Waals surface area contributed by atoms with Crippen LogP contribution in [-0.4, -0.2) is 16.1 Å². The Morgan fingerprint density at radius 1 is 0.893 bits per heavy atom. The molecule has 2 fully saturated rings. The summed E-state index contributed by atoms with van der Waals surface area (Å²) in [6.07, 6.45) is 15.5. The van der Waals surface area contributed by atoms with Gasteiger partial charge in [-0.15, -0.1) is 0 Å². The van der Waals surface area contributed by atoms with Crippen LogP contribution in [0.15, 0.2) is 35.9 Å². The van der Waals surface area contributed by atoms with Gasteiger partial charge in [0.25, 0.3) is 0 Å². The maximum atomic E-state index is 2.63. The third-order valence-electron chi connectivity index (χ3n) is 7.74. The first-order chi connectivity index (χ1) is 13.4. The van der Waals surface area contributed by atoms with E-state index in [1.54, 1.807) is 34.9 Å². The van der Waals surface area contributed by atoms with Crippen molar-refractivity contribution in [3.8, 4) is 0 Å². The molecule has 1 aromatic rings. The van der Waals surface area contributed by atoms with Crippen LogP contribution >= 0.6 is 0 Å². The summed E-state index contributed by atoms with van der Waals surface area (Å²) >= 11 is 0. The van der Waals surface area contributed by atoms with Crippen LogP contribution < -0.4 is 5.19 Å². The highest BCUT2D eigenvalue weighted by molar-refractivity contribution is 6.88. The van der Waals surface area contributed by atoms with E-state index < -0.39 is 16.1 Å². The number of hydrogen-bond acceptors (Lipinski definition) is 0. The number of benzene rings is 1. The molecule has 3 rings (SSSR count). The third kappa shape index (κ3) is 5.95. The molecule has 1 aromatic carbocycles. The van der Waals surface area contributed by atoms with Crippen LogP contribution in [-0.2, 0) is 0 Å². The number of unbranched alkanes of at least 4 members (excludes halogenated alkanes) is 4. The van der Waals surface area contributed by atoms with Crippen LogP contribution in [0.1, 0.15) is 76.2 Å². The van der Waals surface area contributed by atoms with Crippen molar-refractivity contribution in [3.05, 3.63) is 41.5 Å². The van der Waals surface area contributed by atoms with Gasteiger partial charge in [-0.3, -0.25) is 0 Å². The molecular weight excluding hydrogens is 368 g/mol. The van der Waals surface area contributed by atoms with Crippen LogP contribution in [0.3, 0.4) is 0 Å². The summed E-state index contributed by atoms with van der Waals surface area (Å²) in [5.41, 5.74) is 3.45. The Morgan fingerprint density at radius 2 is 1.54 bits per heavy atom. The molecule has 1 spiro atoms. The molecular formula is C26H44Si2. The Hall–Kier alpha value is -0.606. The average Bonchev–Trinajstić information content (AvgIpc) is 2.69. The third-order valence-corrected chi connectivity index (χ3v) is 15.1. The number of hydrogen-bond donors (Lipinski definition) is 0. The van der Waals surface area contributed by atoms with Crippen molar-refractivity contribution in [2.45, 2.75) is 114 Å². The highest BCUT2D eigenvalue weighted by atomic mass is 28.3. The summed E-state index contributed by atoms with van der Waals surface area (Å²) in [7, 11) is -2.08. The highest BCUT2D eigenvalue weighted by Crippen LogP contribution is 2.46. The molecule has 2 saturated heterocycles. The molecule has 0 bridgehead atoms. The van der Waals surface area contributed by atoms with Crippen molar-refractivity contribution in [2.24, 2.45) is 0 Å². The fourth-order valence-corrected chi connectivity index (χ4v) is 11.8. The van der Waals surface area contributed by atoms with E-state index >= 15 is 0 Å². The van der Waals surface area contributed by atoms with E-state index in [2.05, 4.69) is 56.9 Å². The van der Waals surface area contributed by atoms with Crippen molar-refractivity contribution >= 4 is 21.3 Å².